The Kier molecular flexibility index (Phi) is 6.73. The molecule has 2 aromatic carbocycles. The van der Waals surface area contributed by atoms with Crippen LogP contribution in [0.1, 0.15) is 13.8 Å². The van der Waals surface area contributed by atoms with Crippen molar-refractivity contribution in [2.45, 2.75) is 44.2 Å². The van der Waals surface area contributed by atoms with E-state index in [1.165, 1.54) is 0 Å². The molecule has 8 heteroatoms. The molecule has 0 saturated carbocycles. The fourth-order valence-corrected chi connectivity index (χ4v) is 10.3. The van der Waals surface area contributed by atoms with Gasteiger partial charge in [0.2, 0.25) is 0 Å². The third-order valence-electron chi connectivity index (χ3n) is 5.04. The van der Waals surface area contributed by atoms with Crippen molar-refractivity contribution in [2.24, 2.45) is 0 Å². The zero-order chi connectivity index (χ0) is 21.3. The fourth-order valence-electron chi connectivity index (χ4n) is 3.68. The molecule has 0 aliphatic carbocycles. The number of halogens is 1. The molecule has 1 aliphatic heterocycles. The average Bonchev–Trinajstić information content (AvgIpc) is 2.96. The van der Waals surface area contributed by atoms with Crippen LogP contribution in [0.5, 0.6) is 0 Å². The topological polar surface area (TPSA) is 88.4 Å². The molecule has 3 N–H and O–H groups in total. The van der Waals surface area contributed by atoms with Gasteiger partial charge in [0, 0.05) is 0 Å². The second-order valence-electron chi connectivity index (χ2n) is 7.81. The number of aliphatic hydroxyl groups excluding tert-OH is 3. The van der Waals surface area contributed by atoms with E-state index < -0.39 is 34.9 Å². The average molecular weight is 534 g/mol. The van der Waals surface area contributed by atoms with E-state index in [0.29, 0.717) is 0 Å². The van der Waals surface area contributed by atoms with E-state index in [2.05, 4.69) is 28.7 Å². The van der Waals surface area contributed by atoms with Crippen LogP contribution >= 0.6 is 26.5 Å². The third kappa shape index (κ3) is 4.67. The van der Waals surface area contributed by atoms with Crippen LogP contribution < -0.4 is 10.6 Å². The van der Waals surface area contributed by atoms with Gasteiger partial charge in [-0.3, -0.25) is 0 Å². The summed E-state index contributed by atoms with van der Waals surface area (Å²) in [7, 11) is 0. The first-order valence-electron chi connectivity index (χ1n) is 9.42. The number of aliphatic hydroxyl groups is 3. The van der Waals surface area contributed by atoms with Gasteiger partial charge in [0.1, 0.15) is 0 Å². The van der Waals surface area contributed by atoms with Gasteiger partial charge in [0.25, 0.3) is 0 Å². The Bertz CT molecular complexity index is 773. The summed E-state index contributed by atoms with van der Waals surface area (Å²) < 4.78 is 14.9. The van der Waals surface area contributed by atoms with E-state index in [9.17, 15) is 15.3 Å². The molecule has 0 radical (unpaired) electrons. The molecule has 0 aromatic heterocycles. The summed E-state index contributed by atoms with van der Waals surface area (Å²) in [5.74, 6) is -1.15. The molecule has 1 aliphatic rings. The maximum absolute atomic E-state index is 10.3. The van der Waals surface area contributed by atoms with Gasteiger partial charge < -0.3 is 0 Å². The van der Waals surface area contributed by atoms with E-state index in [4.69, 9.17) is 14.0 Å². The molecule has 1 saturated heterocycles. The van der Waals surface area contributed by atoms with Gasteiger partial charge in [-0.1, -0.05) is 0 Å². The summed E-state index contributed by atoms with van der Waals surface area (Å²) in [5.41, 5.74) is 0. The fraction of sp³-hybridized carbons (Fsp3) is 0.429. The van der Waals surface area contributed by atoms with Crippen LogP contribution in [0.4, 0.5) is 0 Å². The summed E-state index contributed by atoms with van der Waals surface area (Å²) in [6.45, 7) is 5.26. The molecule has 4 atom stereocenters. The summed E-state index contributed by atoms with van der Waals surface area (Å²) in [4.78, 5) is 0. The molecule has 0 amide bonds. The van der Waals surface area contributed by atoms with Gasteiger partial charge in [-0.05, 0) is 0 Å². The van der Waals surface area contributed by atoms with Crippen molar-refractivity contribution in [3.8, 4) is 0 Å². The zero-order valence-electron chi connectivity index (χ0n) is 16.7. The second kappa shape index (κ2) is 8.48. The Hall–Kier alpha value is -0.640. The Morgan fingerprint density at radius 1 is 1.00 bits per heavy atom. The summed E-state index contributed by atoms with van der Waals surface area (Å²) in [6, 6.07) is 20.0. The van der Waals surface area contributed by atoms with Gasteiger partial charge in [-0.15, -0.1) is 0 Å². The normalized spacial score (nSPS) is 26.8. The van der Waals surface area contributed by atoms with E-state index >= 15 is 0 Å². The SMILES string of the molecule is CC(C)(OC1C(O)[C@H](O)O[C@@H]1CO)OP(C)(I)(c1ccccc1)c1ccccc1. The van der Waals surface area contributed by atoms with E-state index in [-0.39, 0.29) is 6.61 Å². The molecule has 0 spiro atoms. The maximum atomic E-state index is 10.3. The van der Waals surface area contributed by atoms with Crippen LogP contribution in [-0.2, 0) is 14.0 Å². The van der Waals surface area contributed by atoms with Crippen LogP contribution in [0.2, 0.25) is 0 Å². The van der Waals surface area contributed by atoms with Crippen molar-refractivity contribution in [3.05, 3.63) is 60.7 Å². The van der Waals surface area contributed by atoms with Gasteiger partial charge in [-0.2, -0.15) is 0 Å². The third-order valence-corrected chi connectivity index (χ3v) is 12.8. The van der Waals surface area contributed by atoms with Gasteiger partial charge >= 0.3 is 185 Å². The molecule has 3 rings (SSSR count). The van der Waals surface area contributed by atoms with E-state index in [1.54, 1.807) is 13.8 Å². The first-order valence-corrected chi connectivity index (χ1v) is 14.8. The molecule has 1 heterocycles. The van der Waals surface area contributed by atoms with Crippen molar-refractivity contribution < 1.29 is 29.3 Å². The standard InChI is InChI=1S/C21H28IO6P/c1-21(2,27-19-17(14-23)26-20(25)18(19)24)28-29(3,22,15-10-6-4-7-11-15)16-12-8-5-9-13-16/h4-13,17-20,23-25H,14H2,1-3H3/t17-,18?,19?,20-/m1/s1. The quantitative estimate of drug-likeness (QED) is 0.287. The van der Waals surface area contributed by atoms with Crippen LogP contribution in [-0.4, -0.2) is 59.0 Å². The molecule has 160 valence electrons. The second-order valence-corrected chi connectivity index (χ2v) is 18.7. The van der Waals surface area contributed by atoms with Crippen molar-refractivity contribution in [1.29, 1.82) is 0 Å². The molecule has 2 aromatic rings. The Morgan fingerprint density at radius 3 is 1.93 bits per heavy atom. The number of hydrogen-bond acceptors (Lipinski definition) is 6. The van der Waals surface area contributed by atoms with Crippen LogP contribution in [0, 0.1) is 0 Å². The molecule has 0 bridgehead atoms. The van der Waals surface area contributed by atoms with E-state index in [1.807, 2.05) is 60.7 Å². The van der Waals surface area contributed by atoms with Gasteiger partial charge in [-0.25, -0.2) is 0 Å². The van der Waals surface area contributed by atoms with Crippen molar-refractivity contribution in [1.82, 2.24) is 0 Å². The number of rotatable bonds is 7. The summed E-state index contributed by atoms with van der Waals surface area (Å²) >= 11 is 2.41. The molecule has 2 unspecified atom stereocenters. The number of hydrogen-bond donors (Lipinski definition) is 3. The number of benzene rings is 2. The molecule has 29 heavy (non-hydrogen) atoms. The first-order chi connectivity index (χ1) is 13.6. The molecule has 1 fully saturated rings. The van der Waals surface area contributed by atoms with E-state index in [0.717, 1.165) is 10.6 Å². The van der Waals surface area contributed by atoms with Crippen molar-refractivity contribution >= 4 is 37.1 Å². The summed E-state index contributed by atoms with van der Waals surface area (Å²) in [6.07, 6.45) is -4.45. The molecular weight excluding hydrogens is 506 g/mol. The van der Waals surface area contributed by atoms with Crippen LogP contribution in [0.25, 0.3) is 0 Å². The van der Waals surface area contributed by atoms with Gasteiger partial charge in [0.15, 0.2) is 0 Å². The Morgan fingerprint density at radius 2 is 1.48 bits per heavy atom. The monoisotopic (exact) mass is 534 g/mol. The predicted octanol–water partition coefficient (Wildman–Crippen LogP) is 2.29. The van der Waals surface area contributed by atoms with Crippen molar-refractivity contribution in [2.75, 3.05) is 13.3 Å². The Labute approximate surface area is 184 Å². The van der Waals surface area contributed by atoms with Gasteiger partial charge in [0.05, 0.1) is 0 Å². The minimum absolute atomic E-state index is 0.383. The zero-order valence-corrected chi connectivity index (χ0v) is 19.7. The Balaban J connectivity index is 1.98. The minimum atomic E-state index is -3.19. The number of ether oxygens (including phenoxy) is 2. The van der Waals surface area contributed by atoms with Crippen LogP contribution in [0.3, 0.4) is 0 Å². The molecule has 6 nitrogen and oxygen atoms in total. The molecular formula is C21H28IO6P. The first kappa shape index (κ1) is 23.0. The van der Waals surface area contributed by atoms with Crippen LogP contribution in [0.15, 0.2) is 60.7 Å². The predicted molar refractivity (Wildman–Crippen MR) is 123 cm³/mol. The summed E-state index contributed by atoms with van der Waals surface area (Å²) in [5, 5.41) is 31.7. The van der Waals surface area contributed by atoms with Crippen molar-refractivity contribution in [3.63, 3.8) is 0 Å².